The molecular formula is C13H10ClFIN. The Balaban J connectivity index is 2.04. The summed E-state index contributed by atoms with van der Waals surface area (Å²) < 4.78 is 14.0. The van der Waals surface area contributed by atoms with E-state index in [0.717, 1.165) is 11.3 Å². The second kappa shape index (κ2) is 5.69. The minimum Gasteiger partial charge on any atom is -0.381 e. The van der Waals surface area contributed by atoms with Crippen LogP contribution in [-0.2, 0) is 6.54 Å². The maximum absolute atomic E-state index is 12.8. The first kappa shape index (κ1) is 12.6. The van der Waals surface area contributed by atoms with Gasteiger partial charge in [0.05, 0.1) is 0 Å². The molecule has 2 aromatic carbocycles. The molecule has 2 aromatic rings. The molecule has 0 aromatic heterocycles. The lowest BCUT2D eigenvalue weighted by atomic mass is 10.2. The first-order valence-electron chi connectivity index (χ1n) is 5.08. The van der Waals surface area contributed by atoms with Crippen molar-refractivity contribution in [3.63, 3.8) is 0 Å². The smallest absolute Gasteiger partial charge is 0.124 e. The Morgan fingerprint density at radius 2 is 1.82 bits per heavy atom. The van der Waals surface area contributed by atoms with Crippen LogP contribution in [0.2, 0.25) is 5.02 Å². The zero-order valence-electron chi connectivity index (χ0n) is 8.88. The number of hydrogen-bond donors (Lipinski definition) is 1. The number of benzene rings is 2. The zero-order chi connectivity index (χ0) is 12.3. The SMILES string of the molecule is Fc1ccc(CNc2ccc(I)cc2)c(Cl)c1. The molecule has 0 fully saturated rings. The Morgan fingerprint density at radius 1 is 1.12 bits per heavy atom. The summed E-state index contributed by atoms with van der Waals surface area (Å²) in [5.41, 5.74) is 1.90. The van der Waals surface area contributed by atoms with E-state index in [0.29, 0.717) is 11.6 Å². The van der Waals surface area contributed by atoms with Crippen LogP contribution in [0.5, 0.6) is 0 Å². The highest BCUT2D eigenvalue weighted by Crippen LogP contribution is 2.19. The average molecular weight is 362 g/mol. The summed E-state index contributed by atoms with van der Waals surface area (Å²) in [5.74, 6) is -0.312. The van der Waals surface area contributed by atoms with E-state index in [9.17, 15) is 4.39 Å². The molecule has 1 nitrogen and oxygen atoms in total. The largest absolute Gasteiger partial charge is 0.381 e. The van der Waals surface area contributed by atoms with Gasteiger partial charge >= 0.3 is 0 Å². The normalized spacial score (nSPS) is 10.3. The second-order valence-corrected chi connectivity index (χ2v) is 5.25. The Labute approximate surface area is 118 Å². The number of hydrogen-bond acceptors (Lipinski definition) is 1. The Kier molecular flexibility index (Phi) is 4.23. The van der Waals surface area contributed by atoms with Crippen LogP contribution < -0.4 is 5.32 Å². The van der Waals surface area contributed by atoms with E-state index in [1.807, 2.05) is 24.3 Å². The summed E-state index contributed by atoms with van der Waals surface area (Å²) in [6.45, 7) is 0.583. The second-order valence-electron chi connectivity index (χ2n) is 3.60. The number of halogens is 3. The fourth-order valence-electron chi connectivity index (χ4n) is 1.43. The van der Waals surface area contributed by atoms with Gasteiger partial charge in [-0.05, 0) is 64.6 Å². The first-order valence-corrected chi connectivity index (χ1v) is 6.54. The molecular weight excluding hydrogens is 352 g/mol. The molecule has 0 unspecified atom stereocenters. The number of anilines is 1. The molecule has 4 heteroatoms. The quantitative estimate of drug-likeness (QED) is 0.782. The lowest BCUT2D eigenvalue weighted by molar-refractivity contribution is 0.627. The molecule has 0 spiro atoms. The third-order valence-corrected chi connectivity index (χ3v) is 3.41. The van der Waals surface area contributed by atoms with Gasteiger partial charge in [0.1, 0.15) is 5.82 Å². The van der Waals surface area contributed by atoms with E-state index >= 15 is 0 Å². The topological polar surface area (TPSA) is 12.0 Å². The predicted octanol–water partition coefficient (Wildman–Crippen LogP) is 4.70. The van der Waals surface area contributed by atoms with Gasteiger partial charge in [-0.15, -0.1) is 0 Å². The van der Waals surface area contributed by atoms with Crippen LogP contribution in [0.4, 0.5) is 10.1 Å². The molecule has 0 heterocycles. The monoisotopic (exact) mass is 361 g/mol. The van der Waals surface area contributed by atoms with Gasteiger partial charge in [0.25, 0.3) is 0 Å². The lowest BCUT2D eigenvalue weighted by Gasteiger charge is -2.08. The van der Waals surface area contributed by atoms with Crippen LogP contribution in [0, 0.1) is 9.39 Å². The molecule has 0 atom stereocenters. The standard InChI is InChI=1S/C13H10ClFIN/c14-13-7-10(15)2-1-9(13)8-17-12-5-3-11(16)4-6-12/h1-7,17H,8H2. The minimum absolute atomic E-state index is 0.312. The van der Waals surface area contributed by atoms with Crippen LogP contribution >= 0.6 is 34.2 Å². The molecule has 0 radical (unpaired) electrons. The summed E-state index contributed by atoms with van der Waals surface area (Å²) >= 11 is 8.19. The lowest BCUT2D eigenvalue weighted by Crippen LogP contribution is -2.00. The third-order valence-electron chi connectivity index (χ3n) is 2.34. The van der Waals surface area contributed by atoms with E-state index < -0.39 is 0 Å². The Morgan fingerprint density at radius 3 is 2.47 bits per heavy atom. The van der Waals surface area contributed by atoms with E-state index in [2.05, 4.69) is 27.9 Å². The summed E-state index contributed by atoms with van der Waals surface area (Å²) in [5, 5.41) is 3.69. The molecule has 0 saturated heterocycles. The van der Waals surface area contributed by atoms with Gasteiger partial charge in [0, 0.05) is 20.8 Å². The van der Waals surface area contributed by atoms with Crippen molar-refractivity contribution in [2.45, 2.75) is 6.54 Å². The van der Waals surface area contributed by atoms with Gasteiger partial charge in [-0.25, -0.2) is 4.39 Å². The van der Waals surface area contributed by atoms with Crippen molar-refractivity contribution in [3.05, 3.63) is 62.4 Å². The molecule has 0 aliphatic rings. The zero-order valence-corrected chi connectivity index (χ0v) is 11.8. The van der Waals surface area contributed by atoms with Crippen molar-refractivity contribution >= 4 is 39.9 Å². The van der Waals surface area contributed by atoms with Crippen molar-refractivity contribution in [2.24, 2.45) is 0 Å². The van der Waals surface area contributed by atoms with Crippen LogP contribution in [0.15, 0.2) is 42.5 Å². The Hall–Kier alpha value is -0.810. The molecule has 0 aliphatic carbocycles. The molecule has 0 saturated carbocycles. The molecule has 17 heavy (non-hydrogen) atoms. The maximum atomic E-state index is 12.8. The summed E-state index contributed by atoms with van der Waals surface area (Å²) in [6.07, 6.45) is 0. The molecule has 1 N–H and O–H groups in total. The minimum atomic E-state index is -0.312. The van der Waals surface area contributed by atoms with Crippen molar-refractivity contribution in [1.82, 2.24) is 0 Å². The van der Waals surface area contributed by atoms with Crippen molar-refractivity contribution in [3.8, 4) is 0 Å². The molecule has 0 aliphatic heterocycles. The van der Waals surface area contributed by atoms with E-state index in [1.165, 1.54) is 15.7 Å². The fraction of sp³-hybridized carbons (Fsp3) is 0.0769. The van der Waals surface area contributed by atoms with Crippen molar-refractivity contribution in [1.29, 1.82) is 0 Å². The van der Waals surface area contributed by atoms with Gasteiger partial charge in [-0.3, -0.25) is 0 Å². The average Bonchev–Trinajstić information content (AvgIpc) is 2.30. The number of rotatable bonds is 3. The van der Waals surface area contributed by atoms with Gasteiger partial charge in [-0.2, -0.15) is 0 Å². The molecule has 88 valence electrons. The van der Waals surface area contributed by atoms with Gasteiger partial charge < -0.3 is 5.32 Å². The van der Waals surface area contributed by atoms with Crippen LogP contribution in [-0.4, -0.2) is 0 Å². The third kappa shape index (κ3) is 3.57. The van der Waals surface area contributed by atoms with Gasteiger partial charge in [0.2, 0.25) is 0 Å². The highest BCUT2D eigenvalue weighted by atomic mass is 127. The van der Waals surface area contributed by atoms with Crippen LogP contribution in [0.1, 0.15) is 5.56 Å². The predicted molar refractivity (Wildman–Crippen MR) is 77.9 cm³/mol. The van der Waals surface area contributed by atoms with Crippen LogP contribution in [0.3, 0.4) is 0 Å². The Bertz CT molecular complexity index is 513. The number of nitrogens with one attached hydrogen (secondary N) is 1. The molecule has 2 rings (SSSR count). The molecule has 0 bridgehead atoms. The fourth-order valence-corrected chi connectivity index (χ4v) is 2.02. The van der Waals surface area contributed by atoms with Crippen molar-refractivity contribution < 1.29 is 4.39 Å². The maximum Gasteiger partial charge on any atom is 0.124 e. The first-order chi connectivity index (χ1) is 8.15. The highest BCUT2D eigenvalue weighted by Gasteiger charge is 2.01. The highest BCUT2D eigenvalue weighted by molar-refractivity contribution is 14.1. The van der Waals surface area contributed by atoms with Crippen molar-refractivity contribution in [2.75, 3.05) is 5.32 Å². The van der Waals surface area contributed by atoms with E-state index in [-0.39, 0.29) is 5.82 Å². The summed E-state index contributed by atoms with van der Waals surface area (Å²) in [7, 11) is 0. The molecule has 0 amide bonds. The summed E-state index contributed by atoms with van der Waals surface area (Å²) in [4.78, 5) is 0. The van der Waals surface area contributed by atoms with Gasteiger partial charge in [0.15, 0.2) is 0 Å². The van der Waals surface area contributed by atoms with E-state index in [4.69, 9.17) is 11.6 Å². The van der Waals surface area contributed by atoms with Gasteiger partial charge in [-0.1, -0.05) is 17.7 Å². The van der Waals surface area contributed by atoms with E-state index in [1.54, 1.807) is 6.07 Å². The summed E-state index contributed by atoms with van der Waals surface area (Å²) in [6, 6.07) is 12.5. The van der Waals surface area contributed by atoms with Crippen LogP contribution in [0.25, 0.3) is 0 Å².